The van der Waals surface area contributed by atoms with E-state index in [0.717, 1.165) is 42.3 Å². The number of ether oxygens (including phenoxy) is 1. The Bertz CT molecular complexity index is 983. The third-order valence-corrected chi connectivity index (χ3v) is 5.60. The molecule has 0 unspecified atom stereocenters. The summed E-state index contributed by atoms with van der Waals surface area (Å²) in [5.74, 6) is 1.65. The van der Waals surface area contributed by atoms with E-state index in [2.05, 4.69) is 16.1 Å². The molecule has 0 spiro atoms. The van der Waals surface area contributed by atoms with Gasteiger partial charge in [-0.25, -0.2) is 9.67 Å². The molecule has 0 radical (unpaired) electrons. The van der Waals surface area contributed by atoms with Gasteiger partial charge in [0, 0.05) is 43.0 Å². The molecule has 2 aliphatic heterocycles. The van der Waals surface area contributed by atoms with Gasteiger partial charge >= 0.3 is 0 Å². The lowest BCUT2D eigenvalue weighted by Gasteiger charge is -2.41. The second-order valence-electron chi connectivity index (χ2n) is 7.70. The van der Waals surface area contributed by atoms with Gasteiger partial charge in [-0.15, -0.1) is 0 Å². The maximum atomic E-state index is 12.1. The van der Waals surface area contributed by atoms with Gasteiger partial charge in [-0.1, -0.05) is 0 Å². The van der Waals surface area contributed by atoms with Crippen LogP contribution in [0.25, 0.3) is 0 Å². The number of anilines is 1. The molecule has 2 aromatic heterocycles. The molecule has 138 valence electrons. The van der Waals surface area contributed by atoms with Gasteiger partial charge in [-0.2, -0.15) is 10.4 Å². The van der Waals surface area contributed by atoms with Crippen LogP contribution in [0.2, 0.25) is 0 Å². The Kier molecular flexibility index (Phi) is 3.94. The van der Waals surface area contributed by atoms with Crippen molar-refractivity contribution < 1.29 is 4.74 Å². The van der Waals surface area contributed by atoms with Gasteiger partial charge in [0.15, 0.2) is 0 Å². The van der Waals surface area contributed by atoms with Crippen LogP contribution in [0.1, 0.15) is 41.3 Å². The van der Waals surface area contributed by atoms with Crippen molar-refractivity contribution >= 4 is 5.82 Å². The molecule has 2 fully saturated rings. The molecule has 0 atom stereocenters. The Morgan fingerprint density at radius 1 is 1.30 bits per heavy atom. The van der Waals surface area contributed by atoms with E-state index in [0.29, 0.717) is 37.2 Å². The van der Waals surface area contributed by atoms with E-state index in [4.69, 9.17) is 9.72 Å². The Morgan fingerprint density at radius 3 is 2.93 bits per heavy atom. The van der Waals surface area contributed by atoms with E-state index in [1.165, 1.54) is 12.8 Å². The Hall–Kier alpha value is -2.72. The van der Waals surface area contributed by atoms with Crippen molar-refractivity contribution in [1.82, 2.24) is 14.8 Å². The summed E-state index contributed by atoms with van der Waals surface area (Å²) in [5.41, 5.74) is 3.65. The van der Waals surface area contributed by atoms with Crippen molar-refractivity contribution in [2.24, 2.45) is 5.92 Å². The van der Waals surface area contributed by atoms with Gasteiger partial charge in [-0.05, 0) is 25.0 Å². The topological polar surface area (TPSA) is 84.0 Å². The fourth-order valence-corrected chi connectivity index (χ4v) is 3.89. The van der Waals surface area contributed by atoms with E-state index >= 15 is 0 Å². The molecule has 1 saturated heterocycles. The highest BCUT2D eigenvalue weighted by Gasteiger charge is 2.32. The lowest BCUT2D eigenvalue weighted by Crippen LogP contribution is -2.50. The van der Waals surface area contributed by atoms with Crippen molar-refractivity contribution in [3.8, 4) is 6.07 Å². The second kappa shape index (κ2) is 6.46. The maximum absolute atomic E-state index is 12.1. The molecule has 2 aromatic rings. The molecule has 27 heavy (non-hydrogen) atoms. The lowest BCUT2D eigenvalue weighted by atomic mass is 9.98. The lowest BCUT2D eigenvalue weighted by molar-refractivity contribution is 0.109. The molecule has 7 nitrogen and oxygen atoms in total. The molecule has 5 rings (SSSR count). The number of hydrogen-bond donors (Lipinski definition) is 0. The average molecular weight is 363 g/mol. The molecule has 0 amide bonds. The number of pyridine rings is 1. The standard InChI is InChI=1S/C20H21N5O2/c21-8-15-7-16-12-27-6-5-17(16)22-20(15)24-9-13(10-24)11-25-19(26)4-3-18(23-25)14-1-2-14/h3-4,7,13-14H,1-2,5-6,9-12H2. The van der Waals surface area contributed by atoms with E-state index in [1.807, 2.05) is 12.1 Å². The van der Waals surface area contributed by atoms with Crippen LogP contribution in [0.4, 0.5) is 5.82 Å². The highest BCUT2D eigenvalue weighted by Crippen LogP contribution is 2.38. The monoisotopic (exact) mass is 363 g/mol. The second-order valence-corrected chi connectivity index (χ2v) is 7.70. The van der Waals surface area contributed by atoms with Crippen LogP contribution < -0.4 is 10.5 Å². The normalized spacial score (nSPS) is 19.3. The summed E-state index contributed by atoms with van der Waals surface area (Å²) in [6.07, 6.45) is 3.14. The smallest absolute Gasteiger partial charge is 0.266 e. The van der Waals surface area contributed by atoms with E-state index < -0.39 is 0 Å². The van der Waals surface area contributed by atoms with Crippen LogP contribution in [0, 0.1) is 17.2 Å². The average Bonchev–Trinajstić information content (AvgIpc) is 3.50. The summed E-state index contributed by atoms with van der Waals surface area (Å²) in [7, 11) is 0. The number of rotatable bonds is 4. The number of nitrogens with zero attached hydrogens (tertiary/aromatic N) is 5. The molecule has 0 aromatic carbocycles. The van der Waals surface area contributed by atoms with Gasteiger partial charge in [-0.3, -0.25) is 4.79 Å². The van der Waals surface area contributed by atoms with Crippen molar-refractivity contribution in [2.45, 2.75) is 38.3 Å². The first-order chi connectivity index (χ1) is 13.2. The quantitative estimate of drug-likeness (QED) is 0.820. The first-order valence-corrected chi connectivity index (χ1v) is 9.55. The molecule has 0 N–H and O–H groups in total. The largest absolute Gasteiger partial charge is 0.376 e. The van der Waals surface area contributed by atoms with Crippen LogP contribution in [0.3, 0.4) is 0 Å². The summed E-state index contributed by atoms with van der Waals surface area (Å²) < 4.78 is 7.07. The minimum Gasteiger partial charge on any atom is -0.376 e. The zero-order valence-electron chi connectivity index (χ0n) is 15.1. The molecule has 3 aliphatic rings. The number of hydrogen-bond acceptors (Lipinski definition) is 6. The van der Waals surface area contributed by atoms with Crippen molar-refractivity contribution in [3.63, 3.8) is 0 Å². The van der Waals surface area contributed by atoms with E-state index in [9.17, 15) is 10.1 Å². The van der Waals surface area contributed by atoms with Crippen LogP contribution >= 0.6 is 0 Å². The highest BCUT2D eigenvalue weighted by atomic mass is 16.5. The first kappa shape index (κ1) is 16.5. The number of aromatic nitrogens is 3. The van der Waals surface area contributed by atoms with Gasteiger partial charge in [0.05, 0.1) is 36.7 Å². The minimum absolute atomic E-state index is 0.0394. The predicted molar refractivity (Wildman–Crippen MR) is 98.5 cm³/mol. The minimum atomic E-state index is -0.0394. The Labute approximate surface area is 157 Å². The Balaban J connectivity index is 1.30. The molecular formula is C20H21N5O2. The molecule has 7 heteroatoms. The van der Waals surface area contributed by atoms with Crippen LogP contribution in [0.15, 0.2) is 23.0 Å². The summed E-state index contributed by atoms with van der Waals surface area (Å²) in [6.45, 7) is 3.42. The first-order valence-electron chi connectivity index (χ1n) is 9.55. The van der Waals surface area contributed by atoms with Gasteiger partial charge in [0.2, 0.25) is 0 Å². The summed E-state index contributed by atoms with van der Waals surface area (Å²) in [5, 5.41) is 14.1. The third kappa shape index (κ3) is 3.10. The third-order valence-electron chi connectivity index (χ3n) is 5.60. The SMILES string of the molecule is N#Cc1cc2c(nc1N1CC(Cn3nc(C4CC4)ccc3=O)C1)CCOC2. The van der Waals surface area contributed by atoms with E-state index in [1.54, 1.807) is 10.7 Å². The predicted octanol–water partition coefficient (Wildman–Crippen LogP) is 1.60. The van der Waals surface area contributed by atoms with Crippen LogP contribution in [0.5, 0.6) is 0 Å². The summed E-state index contributed by atoms with van der Waals surface area (Å²) in [4.78, 5) is 19.0. The molecular weight excluding hydrogens is 342 g/mol. The van der Waals surface area contributed by atoms with Gasteiger partial charge in [0.1, 0.15) is 11.9 Å². The van der Waals surface area contributed by atoms with Crippen LogP contribution in [-0.4, -0.2) is 34.5 Å². The summed E-state index contributed by atoms with van der Waals surface area (Å²) in [6, 6.07) is 7.68. The zero-order chi connectivity index (χ0) is 18.4. The Morgan fingerprint density at radius 2 is 2.15 bits per heavy atom. The van der Waals surface area contributed by atoms with E-state index in [-0.39, 0.29) is 5.56 Å². The number of fused-ring (bicyclic) bond motifs is 1. The van der Waals surface area contributed by atoms with Crippen molar-refractivity contribution in [3.05, 3.63) is 51.1 Å². The molecule has 1 aliphatic carbocycles. The molecule has 0 bridgehead atoms. The van der Waals surface area contributed by atoms with Crippen molar-refractivity contribution in [1.29, 1.82) is 5.26 Å². The van der Waals surface area contributed by atoms with Crippen LogP contribution in [-0.2, 0) is 24.3 Å². The molecule has 4 heterocycles. The maximum Gasteiger partial charge on any atom is 0.266 e. The zero-order valence-corrected chi connectivity index (χ0v) is 15.1. The molecule has 1 saturated carbocycles. The van der Waals surface area contributed by atoms with Gasteiger partial charge in [0.25, 0.3) is 5.56 Å². The fourth-order valence-electron chi connectivity index (χ4n) is 3.89. The summed E-state index contributed by atoms with van der Waals surface area (Å²) >= 11 is 0. The van der Waals surface area contributed by atoms with Crippen molar-refractivity contribution in [2.75, 3.05) is 24.6 Å². The number of nitriles is 1. The highest BCUT2D eigenvalue weighted by molar-refractivity contribution is 5.57. The fraction of sp³-hybridized carbons (Fsp3) is 0.500. The van der Waals surface area contributed by atoms with Gasteiger partial charge < -0.3 is 9.64 Å².